The molecule has 1 aliphatic rings. The number of benzene rings is 2. The van der Waals surface area contributed by atoms with Crippen molar-refractivity contribution < 1.29 is 28.2 Å². The van der Waals surface area contributed by atoms with Crippen LogP contribution in [0.25, 0.3) is 0 Å². The first-order chi connectivity index (χ1) is 14.9. The molecule has 160 valence electrons. The van der Waals surface area contributed by atoms with Crippen LogP contribution in [0.4, 0.5) is 13.8 Å². The van der Waals surface area contributed by atoms with Crippen LogP contribution in [-0.4, -0.2) is 23.6 Å². The molecule has 31 heavy (non-hydrogen) atoms. The van der Waals surface area contributed by atoms with Crippen molar-refractivity contribution in [2.24, 2.45) is 0 Å². The third-order valence-corrected chi connectivity index (χ3v) is 6.43. The highest BCUT2D eigenvalue weighted by atomic mass is 32.1. The number of thiophene rings is 1. The Morgan fingerprint density at radius 1 is 1.10 bits per heavy atom. The lowest BCUT2D eigenvalue weighted by Gasteiger charge is -2.24. The van der Waals surface area contributed by atoms with Gasteiger partial charge in [0.05, 0.1) is 5.56 Å². The summed E-state index contributed by atoms with van der Waals surface area (Å²) in [4.78, 5) is 25.8. The fraction of sp³-hybridized carbons (Fsp3) is 0.217. The summed E-state index contributed by atoms with van der Waals surface area (Å²) < 4.78 is 28.9. The summed E-state index contributed by atoms with van der Waals surface area (Å²) in [6.45, 7) is -2.95. The molecule has 1 unspecified atom stereocenters. The van der Waals surface area contributed by atoms with Gasteiger partial charge in [0.2, 0.25) is 0 Å². The number of carboxylic acid groups (broad SMARTS) is 1. The van der Waals surface area contributed by atoms with Crippen molar-refractivity contribution in [3.8, 4) is 5.75 Å². The van der Waals surface area contributed by atoms with Crippen molar-refractivity contribution >= 4 is 28.2 Å². The highest BCUT2D eigenvalue weighted by Crippen LogP contribution is 2.46. The molecule has 8 heteroatoms. The van der Waals surface area contributed by atoms with Gasteiger partial charge in [0.25, 0.3) is 5.91 Å². The van der Waals surface area contributed by atoms with E-state index in [-0.39, 0.29) is 22.8 Å². The molecule has 0 aliphatic heterocycles. The molecule has 2 aromatic carbocycles. The number of anilines is 1. The molecular weight excluding hydrogens is 424 g/mol. The Morgan fingerprint density at radius 3 is 2.45 bits per heavy atom. The van der Waals surface area contributed by atoms with E-state index in [9.17, 15) is 23.5 Å². The summed E-state index contributed by atoms with van der Waals surface area (Å²) >= 11 is 1.29. The molecule has 5 nitrogen and oxygen atoms in total. The molecule has 3 aromatic rings. The number of nitrogens with one attached hydrogen (secondary N) is 1. The Hall–Kier alpha value is -3.26. The number of halogens is 2. The summed E-state index contributed by atoms with van der Waals surface area (Å²) in [6.07, 6.45) is 2.54. The molecule has 1 amide bonds. The van der Waals surface area contributed by atoms with Gasteiger partial charge < -0.3 is 15.2 Å². The zero-order chi connectivity index (χ0) is 22.0. The molecule has 1 atom stereocenters. The second-order valence-corrected chi connectivity index (χ2v) is 8.27. The molecule has 1 aromatic heterocycles. The van der Waals surface area contributed by atoms with Crippen LogP contribution in [0, 0.1) is 0 Å². The molecule has 0 radical (unpaired) electrons. The van der Waals surface area contributed by atoms with Crippen LogP contribution in [0.3, 0.4) is 0 Å². The summed E-state index contributed by atoms with van der Waals surface area (Å²) in [6, 6.07) is 15.0. The maximum atomic E-state index is 12.7. The number of fused-ring (bicyclic) bond motifs is 1. The fourth-order valence-corrected chi connectivity index (χ4v) is 5.23. The number of carbonyl (C=O) groups is 2. The third kappa shape index (κ3) is 4.44. The number of aromatic carboxylic acids is 1. The predicted octanol–water partition coefficient (Wildman–Crippen LogP) is 5.77. The largest absolute Gasteiger partial charge is 0.478 e. The zero-order valence-electron chi connectivity index (χ0n) is 16.3. The van der Waals surface area contributed by atoms with Crippen molar-refractivity contribution in [2.75, 3.05) is 5.32 Å². The molecular formula is C23H19F2NO4S. The molecule has 1 heterocycles. The second-order valence-electron chi connectivity index (χ2n) is 7.16. The number of amides is 1. The van der Waals surface area contributed by atoms with Crippen molar-refractivity contribution in [3.05, 3.63) is 81.7 Å². The number of aryl methyl sites for hydroxylation is 1. The van der Waals surface area contributed by atoms with Crippen molar-refractivity contribution in [3.63, 3.8) is 0 Å². The molecule has 0 saturated carbocycles. The highest BCUT2D eigenvalue weighted by molar-refractivity contribution is 7.17. The number of carbonyl (C=O) groups excluding carboxylic acids is 1. The van der Waals surface area contributed by atoms with E-state index in [1.54, 1.807) is 0 Å². The Bertz CT molecular complexity index is 1100. The van der Waals surface area contributed by atoms with Crippen molar-refractivity contribution in [1.29, 1.82) is 0 Å². The van der Waals surface area contributed by atoms with Gasteiger partial charge in [-0.2, -0.15) is 8.78 Å². The first kappa shape index (κ1) is 21.0. The Labute approximate surface area is 181 Å². The van der Waals surface area contributed by atoms with E-state index in [1.807, 2.05) is 30.3 Å². The normalized spacial score (nSPS) is 15.4. The monoisotopic (exact) mass is 443 g/mol. The zero-order valence-corrected chi connectivity index (χ0v) is 17.1. The topological polar surface area (TPSA) is 75.6 Å². The SMILES string of the molecule is O=C(Nc1sc2c(c1C(=O)O)C(c1ccccc1)CCC2)c1ccc(OC(F)F)cc1. The molecule has 0 fully saturated rings. The summed E-state index contributed by atoms with van der Waals surface area (Å²) in [5.74, 6) is -1.70. The molecule has 4 rings (SSSR count). The van der Waals surface area contributed by atoms with E-state index in [0.717, 1.165) is 35.3 Å². The molecule has 2 N–H and O–H groups in total. The fourth-order valence-electron chi connectivity index (χ4n) is 3.94. The van der Waals surface area contributed by atoms with Gasteiger partial charge in [0.1, 0.15) is 10.8 Å². The van der Waals surface area contributed by atoms with Crippen LogP contribution in [0.15, 0.2) is 54.6 Å². The molecule has 1 aliphatic carbocycles. The Morgan fingerprint density at radius 2 is 1.81 bits per heavy atom. The summed E-state index contributed by atoms with van der Waals surface area (Å²) in [7, 11) is 0. The van der Waals surface area contributed by atoms with E-state index in [0.29, 0.717) is 5.00 Å². The summed E-state index contributed by atoms with van der Waals surface area (Å²) in [5, 5.41) is 12.9. The first-order valence-electron chi connectivity index (χ1n) is 9.74. The van der Waals surface area contributed by atoms with Gasteiger partial charge in [0, 0.05) is 16.4 Å². The summed E-state index contributed by atoms with van der Waals surface area (Å²) in [5.41, 5.74) is 2.16. The standard InChI is InChI=1S/C23H19F2NO4S/c24-23(25)30-15-11-9-14(10-12-15)20(27)26-21-19(22(28)29)18-16(7-4-8-17(18)31-21)13-5-2-1-3-6-13/h1-3,5-6,9-12,16,23H,4,7-8H2,(H,26,27)(H,28,29). The van der Waals surface area contributed by atoms with Gasteiger partial charge in [-0.3, -0.25) is 4.79 Å². The Balaban J connectivity index is 1.64. The van der Waals surface area contributed by atoms with E-state index in [2.05, 4.69) is 10.1 Å². The van der Waals surface area contributed by atoms with Crippen LogP contribution in [0.2, 0.25) is 0 Å². The quantitative estimate of drug-likeness (QED) is 0.507. The molecule has 0 saturated heterocycles. The Kier molecular flexibility index (Phi) is 5.99. The van der Waals surface area contributed by atoms with Crippen LogP contribution in [-0.2, 0) is 6.42 Å². The van der Waals surface area contributed by atoms with E-state index >= 15 is 0 Å². The van der Waals surface area contributed by atoms with Crippen molar-refractivity contribution in [2.45, 2.75) is 31.8 Å². The minimum Gasteiger partial charge on any atom is -0.478 e. The van der Waals surface area contributed by atoms with Gasteiger partial charge in [0.15, 0.2) is 0 Å². The minimum absolute atomic E-state index is 0.0382. The average molecular weight is 443 g/mol. The lowest BCUT2D eigenvalue weighted by Crippen LogP contribution is -2.16. The van der Waals surface area contributed by atoms with E-state index < -0.39 is 18.5 Å². The van der Waals surface area contributed by atoms with Gasteiger partial charge in [-0.15, -0.1) is 11.3 Å². The van der Waals surface area contributed by atoms with Crippen LogP contribution < -0.4 is 10.1 Å². The lowest BCUT2D eigenvalue weighted by molar-refractivity contribution is -0.0498. The number of alkyl halides is 2. The number of hydrogen-bond acceptors (Lipinski definition) is 4. The second kappa shape index (κ2) is 8.85. The predicted molar refractivity (Wildman–Crippen MR) is 114 cm³/mol. The minimum atomic E-state index is -2.95. The maximum Gasteiger partial charge on any atom is 0.387 e. The number of rotatable bonds is 6. The van der Waals surface area contributed by atoms with Gasteiger partial charge in [-0.05, 0) is 54.7 Å². The smallest absolute Gasteiger partial charge is 0.387 e. The van der Waals surface area contributed by atoms with Crippen LogP contribution in [0.1, 0.15) is 55.5 Å². The number of ether oxygens (including phenoxy) is 1. The van der Waals surface area contributed by atoms with Crippen LogP contribution in [0.5, 0.6) is 5.75 Å². The number of hydrogen-bond donors (Lipinski definition) is 2. The molecule has 0 bridgehead atoms. The maximum absolute atomic E-state index is 12.7. The van der Waals surface area contributed by atoms with E-state index in [4.69, 9.17) is 0 Å². The van der Waals surface area contributed by atoms with Gasteiger partial charge in [-0.25, -0.2) is 4.79 Å². The lowest BCUT2D eigenvalue weighted by atomic mass is 9.80. The average Bonchev–Trinajstić information content (AvgIpc) is 3.12. The number of carboxylic acids is 1. The third-order valence-electron chi connectivity index (χ3n) is 5.25. The van der Waals surface area contributed by atoms with Crippen molar-refractivity contribution in [1.82, 2.24) is 0 Å². The highest BCUT2D eigenvalue weighted by Gasteiger charge is 2.32. The van der Waals surface area contributed by atoms with Crippen LogP contribution >= 0.6 is 11.3 Å². The van der Waals surface area contributed by atoms with Gasteiger partial charge >= 0.3 is 12.6 Å². The first-order valence-corrected chi connectivity index (χ1v) is 10.6. The van der Waals surface area contributed by atoms with E-state index in [1.165, 1.54) is 35.6 Å². The van der Waals surface area contributed by atoms with Gasteiger partial charge in [-0.1, -0.05) is 30.3 Å². The molecule has 0 spiro atoms.